The van der Waals surface area contributed by atoms with E-state index < -0.39 is 29.4 Å². The van der Waals surface area contributed by atoms with Crippen molar-refractivity contribution in [2.24, 2.45) is 0 Å². The zero-order valence-electron chi connectivity index (χ0n) is 12.3. The molecule has 0 aliphatic rings. The average molecular weight is 373 g/mol. The third kappa shape index (κ3) is 9.18. The first-order valence-corrected chi connectivity index (χ1v) is 9.44. The van der Waals surface area contributed by atoms with E-state index in [2.05, 4.69) is 9.46 Å². The van der Waals surface area contributed by atoms with Crippen LogP contribution in [0.1, 0.15) is 18.2 Å². The quantitative estimate of drug-likeness (QED) is 0.396. The van der Waals surface area contributed by atoms with Crippen molar-refractivity contribution in [2.75, 3.05) is 18.8 Å². The molecule has 0 bridgehead atoms. The minimum absolute atomic E-state index is 0.365. The summed E-state index contributed by atoms with van der Waals surface area (Å²) >= 11 is 1.50. The van der Waals surface area contributed by atoms with Crippen LogP contribution in [0.3, 0.4) is 0 Å². The molecular weight excluding hydrogens is 355 g/mol. The first-order valence-electron chi connectivity index (χ1n) is 6.47. The first kappa shape index (κ1) is 20.3. The number of benzene rings is 1. The molecule has 0 saturated carbocycles. The van der Waals surface area contributed by atoms with Crippen LogP contribution in [-0.2, 0) is 19.5 Å². The second kappa shape index (κ2) is 9.50. The summed E-state index contributed by atoms with van der Waals surface area (Å²) in [6.07, 6.45) is -3.84. The Labute approximate surface area is 137 Å². The fourth-order valence-corrected chi connectivity index (χ4v) is 3.07. The Balaban J connectivity index is 2.79. The van der Waals surface area contributed by atoms with E-state index in [1.54, 1.807) is 30.3 Å². The van der Waals surface area contributed by atoms with E-state index >= 15 is 0 Å². The van der Waals surface area contributed by atoms with Crippen LogP contribution in [0.4, 0.5) is 13.2 Å². The molecule has 10 heteroatoms. The maximum absolute atomic E-state index is 12.0. The first-order chi connectivity index (χ1) is 10.7. The summed E-state index contributed by atoms with van der Waals surface area (Å²) in [5, 5.41) is 1.17. The molecule has 2 N–H and O–H groups in total. The summed E-state index contributed by atoms with van der Waals surface area (Å²) in [6, 6.07) is 8.09. The summed E-state index contributed by atoms with van der Waals surface area (Å²) in [7, 11) is -3.57. The van der Waals surface area contributed by atoms with Crippen LogP contribution < -0.4 is 4.72 Å². The Morgan fingerprint density at radius 1 is 1.39 bits per heavy atom. The van der Waals surface area contributed by atoms with Gasteiger partial charge in [0, 0.05) is 5.37 Å². The largest absolute Gasteiger partial charge is 0.524 e. The minimum Gasteiger partial charge on any atom is -0.332 e. The molecule has 2 unspecified atom stereocenters. The highest BCUT2D eigenvalue weighted by molar-refractivity contribution is 7.98. The zero-order chi connectivity index (χ0) is 17.3. The maximum atomic E-state index is 12.0. The van der Waals surface area contributed by atoms with E-state index in [1.807, 2.05) is 6.26 Å². The van der Waals surface area contributed by atoms with E-state index in [0.29, 0.717) is 17.7 Å². The summed E-state index contributed by atoms with van der Waals surface area (Å²) in [4.78, 5) is 0. The standard InChI is InChI=1S/C13H18F3NO4S2/c1-22-8-5-9-23(18,19)17-12(11-6-3-2-4-7-11)20-10-21-13(14,15)16/h2-4,6-7,9,12H,5,8,10H2,1H3,(H2,17,18,19). The maximum Gasteiger partial charge on any atom is 0.524 e. The van der Waals surface area contributed by atoms with Crippen molar-refractivity contribution in [3.63, 3.8) is 0 Å². The van der Waals surface area contributed by atoms with Gasteiger partial charge in [0.05, 0.1) is 0 Å². The molecule has 0 aliphatic heterocycles. The number of hydrogen-bond acceptors (Lipinski definition) is 4. The van der Waals surface area contributed by atoms with Crippen LogP contribution in [0, 0.1) is 0 Å². The lowest BCUT2D eigenvalue weighted by Gasteiger charge is -2.20. The van der Waals surface area contributed by atoms with Gasteiger partial charge < -0.3 is 9.29 Å². The smallest absolute Gasteiger partial charge is 0.332 e. The molecule has 5 nitrogen and oxygen atoms in total. The topological polar surface area (TPSA) is 67.8 Å². The summed E-state index contributed by atoms with van der Waals surface area (Å²) in [5.74, 6) is 0.646. The molecule has 0 radical (unpaired) electrons. The molecule has 0 saturated heterocycles. The number of halogens is 3. The number of ether oxygens (including phenoxy) is 2. The van der Waals surface area contributed by atoms with E-state index in [-0.39, 0.29) is 0 Å². The SMILES string of the molecule is CSCCC=S(=O)(O)NC(OCOC(F)(F)F)c1ccccc1. The molecular formula is C13H18F3NO4S2. The van der Waals surface area contributed by atoms with Crippen molar-refractivity contribution in [1.82, 2.24) is 4.72 Å². The van der Waals surface area contributed by atoms with E-state index in [9.17, 15) is 21.9 Å². The van der Waals surface area contributed by atoms with Gasteiger partial charge in [-0.25, -0.2) is 4.21 Å². The fraction of sp³-hybridized carbons (Fsp3) is 0.462. The highest BCUT2D eigenvalue weighted by Crippen LogP contribution is 2.19. The van der Waals surface area contributed by atoms with Crippen molar-refractivity contribution in [3.8, 4) is 0 Å². The fourth-order valence-electron chi connectivity index (χ4n) is 1.52. The lowest BCUT2D eigenvalue weighted by molar-refractivity contribution is -0.354. The molecule has 23 heavy (non-hydrogen) atoms. The summed E-state index contributed by atoms with van der Waals surface area (Å²) in [6.45, 7) is -1.10. The molecule has 0 amide bonds. The van der Waals surface area contributed by atoms with Crippen LogP contribution in [0.5, 0.6) is 0 Å². The molecule has 0 spiro atoms. The van der Waals surface area contributed by atoms with Crippen LogP contribution in [0.15, 0.2) is 30.3 Å². The highest BCUT2D eigenvalue weighted by Gasteiger charge is 2.30. The van der Waals surface area contributed by atoms with Crippen molar-refractivity contribution in [2.45, 2.75) is 19.0 Å². The Hall–Kier alpha value is -0.780. The zero-order valence-corrected chi connectivity index (χ0v) is 13.9. The third-order valence-electron chi connectivity index (χ3n) is 2.50. The summed E-state index contributed by atoms with van der Waals surface area (Å²) in [5.41, 5.74) is 0.401. The van der Waals surface area contributed by atoms with Gasteiger partial charge in [-0.1, -0.05) is 30.3 Å². The predicted octanol–water partition coefficient (Wildman–Crippen LogP) is 3.01. The molecule has 0 heterocycles. The molecule has 1 aromatic rings. The second-order valence-electron chi connectivity index (χ2n) is 4.30. The number of alkyl halides is 3. The van der Waals surface area contributed by atoms with E-state index in [0.717, 1.165) is 0 Å². The third-order valence-corrected chi connectivity index (χ3v) is 4.38. The van der Waals surface area contributed by atoms with Crippen molar-refractivity contribution < 1.29 is 31.4 Å². The molecule has 2 atom stereocenters. The van der Waals surface area contributed by atoms with Gasteiger partial charge in [-0.15, -0.1) is 13.2 Å². The van der Waals surface area contributed by atoms with Gasteiger partial charge in [-0.3, -0.25) is 4.74 Å². The van der Waals surface area contributed by atoms with Crippen LogP contribution in [-0.4, -0.2) is 39.3 Å². The highest BCUT2D eigenvalue weighted by atomic mass is 32.2. The second-order valence-corrected chi connectivity index (χ2v) is 6.99. The van der Waals surface area contributed by atoms with Crippen molar-refractivity contribution in [3.05, 3.63) is 35.9 Å². The number of nitrogens with one attached hydrogen (secondary N) is 1. The van der Waals surface area contributed by atoms with Crippen LogP contribution in [0.25, 0.3) is 0 Å². The monoisotopic (exact) mass is 373 g/mol. The molecule has 0 aromatic heterocycles. The Kier molecular flexibility index (Phi) is 8.37. The predicted molar refractivity (Wildman–Crippen MR) is 85.2 cm³/mol. The summed E-state index contributed by atoms with van der Waals surface area (Å²) < 4.78 is 68.7. The molecule has 1 aromatic carbocycles. The van der Waals surface area contributed by atoms with Gasteiger partial charge in [0.15, 0.2) is 6.79 Å². The van der Waals surface area contributed by atoms with Gasteiger partial charge in [-0.2, -0.15) is 16.5 Å². The van der Waals surface area contributed by atoms with E-state index in [1.165, 1.54) is 17.1 Å². The molecule has 0 aliphatic carbocycles. The van der Waals surface area contributed by atoms with Gasteiger partial charge in [-0.05, 0) is 24.0 Å². The number of hydrogen-bond donors (Lipinski definition) is 2. The van der Waals surface area contributed by atoms with Crippen molar-refractivity contribution in [1.29, 1.82) is 0 Å². The minimum atomic E-state index is -4.84. The Morgan fingerprint density at radius 2 is 2.04 bits per heavy atom. The van der Waals surface area contributed by atoms with Gasteiger partial charge in [0.2, 0.25) is 0 Å². The van der Waals surface area contributed by atoms with E-state index in [4.69, 9.17) is 4.74 Å². The van der Waals surface area contributed by atoms with Gasteiger partial charge in [0.1, 0.15) is 16.2 Å². The lowest BCUT2D eigenvalue weighted by Crippen LogP contribution is -2.32. The van der Waals surface area contributed by atoms with Gasteiger partial charge >= 0.3 is 6.36 Å². The average Bonchev–Trinajstić information content (AvgIpc) is 2.46. The number of thioether (sulfide) groups is 1. The molecule has 0 fully saturated rings. The Bertz CT molecular complexity index is 574. The Morgan fingerprint density at radius 3 is 2.61 bits per heavy atom. The van der Waals surface area contributed by atoms with Crippen LogP contribution >= 0.6 is 11.8 Å². The molecule has 1 rings (SSSR count). The lowest BCUT2D eigenvalue weighted by atomic mass is 10.2. The normalized spacial score (nSPS) is 15.9. The number of rotatable bonds is 9. The van der Waals surface area contributed by atoms with Gasteiger partial charge in [0.25, 0.3) is 0 Å². The van der Waals surface area contributed by atoms with Crippen molar-refractivity contribution >= 4 is 27.1 Å². The van der Waals surface area contributed by atoms with Crippen LogP contribution in [0.2, 0.25) is 0 Å². The molecule has 132 valence electrons.